The molecule has 0 aliphatic heterocycles. The number of nitrogens with zero attached hydrogens (tertiary/aromatic N) is 4. The van der Waals surface area contributed by atoms with E-state index in [1.54, 1.807) is 24.5 Å². The SMILES string of the molecule is CCN(CC)c1ccc(NC(=O)Cn2nc(-c3cccnc3)ccc2=O)cc1. The second-order valence-corrected chi connectivity index (χ2v) is 6.22. The molecule has 0 aliphatic carbocycles. The molecule has 0 atom stereocenters. The number of amides is 1. The van der Waals surface area contributed by atoms with Crippen molar-refractivity contribution in [2.75, 3.05) is 23.3 Å². The van der Waals surface area contributed by atoms with Crippen molar-refractivity contribution >= 4 is 17.3 Å². The lowest BCUT2D eigenvalue weighted by atomic mass is 10.2. The van der Waals surface area contributed by atoms with Crippen LogP contribution in [-0.4, -0.2) is 33.8 Å². The Hall–Kier alpha value is -3.48. The molecule has 3 aromatic rings. The fourth-order valence-corrected chi connectivity index (χ4v) is 2.91. The first-order valence-corrected chi connectivity index (χ1v) is 9.24. The molecule has 0 aliphatic rings. The molecule has 3 rings (SSSR count). The number of aromatic nitrogens is 3. The van der Waals surface area contributed by atoms with Crippen LogP contribution in [0.5, 0.6) is 0 Å². The summed E-state index contributed by atoms with van der Waals surface area (Å²) >= 11 is 0. The minimum absolute atomic E-state index is 0.162. The average Bonchev–Trinajstić information content (AvgIpc) is 2.72. The predicted octanol–water partition coefficient (Wildman–Crippen LogP) is 2.79. The van der Waals surface area contributed by atoms with Crippen molar-refractivity contribution in [3.05, 3.63) is 71.3 Å². The van der Waals surface area contributed by atoms with Crippen molar-refractivity contribution in [2.24, 2.45) is 0 Å². The van der Waals surface area contributed by atoms with E-state index in [4.69, 9.17) is 0 Å². The van der Waals surface area contributed by atoms with Crippen LogP contribution in [0.3, 0.4) is 0 Å². The zero-order valence-electron chi connectivity index (χ0n) is 16.0. The number of hydrogen-bond acceptors (Lipinski definition) is 5. The normalized spacial score (nSPS) is 10.5. The first-order valence-electron chi connectivity index (χ1n) is 9.24. The molecule has 0 unspecified atom stereocenters. The summed E-state index contributed by atoms with van der Waals surface area (Å²) in [7, 11) is 0. The lowest BCUT2D eigenvalue weighted by molar-refractivity contribution is -0.117. The van der Waals surface area contributed by atoms with Crippen LogP contribution in [0.1, 0.15) is 13.8 Å². The third-order valence-corrected chi connectivity index (χ3v) is 4.40. The Morgan fingerprint density at radius 3 is 2.46 bits per heavy atom. The maximum Gasteiger partial charge on any atom is 0.267 e. The summed E-state index contributed by atoms with van der Waals surface area (Å²) in [5.74, 6) is -0.312. The molecular weight excluding hydrogens is 354 g/mol. The molecule has 7 heteroatoms. The third-order valence-electron chi connectivity index (χ3n) is 4.40. The lowest BCUT2D eigenvalue weighted by Crippen LogP contribution is -2.29. The minimum Gasteiger partial charge on any atom is -0.372 e. The van der Waals surface area contributed by atoms with Gasteiger partial charge in [-0.15, -0.1) is 0 Å². The van der Waals surface area contributed by atoms with Crippen molar-refractivity contribution < 1.29 is 4.79 Å². The van der Waals surface area contributed by atoms with Gasteiger partial charge in [-0.1, -0.05) is 0 Å². The van der Waals surface area contributed by atoms with Gasteiger partial charge in [0.2, 0.25) is 5.91 Å². The molecule has 7 nitrogen and oxygen atoms in total. The van der Waals surface area contributed by atoms with Gasteiger partial charge in [0, 0.05) is 48.5 Å². The van der Waals surface area contributed by atoms with E-state index in [1.807, 2.05) is 30.3 Å². The standard InChI is InChI=1S/C21H23N5O2/c1-3-25(4-2)18-9-7-17(8-10-18)23-20(27)15-26-21(28)12-11-19(24-26)16-6-5-13-22-14-16/h5-14H,3-4,15H2,1-2H3,(H,23,27). The van der Waals surface area contributed by atoms with Crippen molar-refractivity contribution in [2.45, 2.75) is 20.4 Å². The summed E-state index contributed by atoms with van der Waals surface area (Å²) in [6.45, 7) is 5.88. The highest BCUT2D eigenvalue weighted by Crippen LogP contribution is 2.18. The molecule has 2 heterocycles. The third kappa shape index (κ3) is 4.62. The van der Waals surface area contributed by atoms with Crippen LogP contribution in [0.2, 0.25) is 0 Å². The zero-order chi connectivity index (χ0) is 19.9. The highest BCUT2D eigenvalue weighted by molar-refractivity contribution is 5.90. The molecule has 1 aromatic carbocycles. The van der Waals surface area contributed by atoms with Crippen LogP contribution in [0.4, 0.5) is 11.4 Å². The first-order chi connectivity index (χ1) is 13.6. The summed E-state index contributed by atoms with van der Waals surface area (Å²) in [5.41, 5.74) is 2.81. The lowest BCUT2D eigenvalue weighted by Gasteiger charge is -2.21. The number of pyridine rings is 1. The average molecular weight is 377 g/mol. The van der Waals surface area contributed by atoms with Gasteiger partial charge in [-0.25, -0.2) is 4.68 Å². The van der Waals surface area contributed by atoms with Gasteiger partial charge >= 0.3 is 0 Å². The molecule has 0 radical (unpaired) electrons. The first kappa shape index (κ1) is 19.3. The number of rotatable bonds is 7. The Labute approximate surface area is 163 Å². The predicted molar refractivity (Wildman–Crippen MR) is 110 cm³/mol. The summed E-state index contributed by atoms with van der Waals surface area (Å²) < 4.78 is 1.15. The van der Waals surface area contributed by atoms with E-state index < -0.39 is 0 Å². The largest absolute Gasteiger partial charge is 0.372 e. The van der Waals surface area contributed by atoms with Crippen LogP contribution in [0.15, 0.2) is 65.7 Å². The second kappa shape index (κ2) is 8.94. The highest BCUT2D eigenvalue weighted by atomic mass is 16.2. The van der Waals surface area contributed by atoms with E-state index in [9.17, 15) is 9.59 Å². The van der Waals surface area contributed by atoms with E-state index in [-0.39, 0.29) is 18.0 Å². The molecule has 28 heavy (non-hydrogen) atoms. The zero-order valence-corrected chi connectivity index (χ0v) is 16.0. The summed E-state index contributed by atoms with van der Waals surface area (Å²) in [6.07, 6.45) is 3.33. The van der Waals surface area contributed by atoms with Gasteiger partial charge in [0.25, 0.3) is 5.56 Å². The van der Waals surface area contributed by atoms with Gasteiger partial charge in [-0.3, -0.25) is 14.6 Å². The Bertz CT molecular complexity index is 980. The summed E-state index contributed by atoms with van der Waals surface area (Å²) in [4.78, 5) is 30.7. The molecular formula is C21H23N5O2. The van der Waals surface area contributed by atoms with Crippen LogP contribution >= 0.6 is 0 Å². The van der Waals surface area contributed by atoms with Gasteiger partial charge in [0.1, 0.15) is 6.54 Å². The van der Waals surface area contributed by atoms with Crippen molar-refractivity contribution in [3.8, 4) is 11.3 Å². The van der Waals surface area contributed by atoms with E-state index in [0.717, 1.165) is 29.0 Å². The molecule has 2 aromatic heterocycles. The number of benzene rings is 1. The molecule has 0 bridgehead atoms. The van der Waals surface area contributed by atoms with Gasteiger partial charge in [-0.05, 0) is 56.3 Å². The highest BCUT2D eigenvalue weighted by Gasteiger charge is 2.09. The van der Waals surface area contributed by atoms with Crippen LogP contribution < -0.4 is 15.8 Å². The Morgan fingerprint density at radius 2 is 1.82 bits per heavy atom. The fourth-order valence-electron chi connectivity index (χ4n) is 2.91. The van der Waals surface area contributed by atoms with Crippen molar-refractivity contribution in [1.82, 2.24) is 14.8 Å². The molecule has 1 amide bonds. The quantitative estimate of drug-likeness (QED) is 0.685. The van der Waals surface area contributed by atoms with Gasteiger partial charge in [-0.2, -0.15) is 5.10 Å². The Kier molecular flexibility index (Phi) is 6.16. The second-order valence-electron chi connectivity index (χ2n) is 6.22. The van der Waals surface area contributed by atoms with E-state index >= 15 is 0 Å². The molecule has 1 N–H and O–H groups in total. The molecule has 0 saturated heterocycles. The van der Waals surface area contributed by atoms with Crippen LogP contribution in [0, 0.1) is 0 Å². The monoisotopic (exact) mass is 377 g/mol. The molecule has 0 saturated carbocycles. The number of carbonyl (C=O) groups excluding carboxylic acids is 1. The number of nitrogens with one attached hydrogen (secondary N) is 1. The van der Waals surface area contributed by atoms with E-state index in [0.29, 0.717) is 11.4 Å². The minimum atomic E-state index is -0.334. The molecule has 0 spiro atoms. The number of hydrogen-bond donors (Lipinski definition) is 1. The molecule has 144 valence electrons. The van der Waals surface area contributed by atoms with Gasteiger partial charge in [0.05, 0.1) is 5.69 Å². The van der Waals surface area contributed by atoms with Gasteiger partial charge < -0.3 is 10.2 Å². The van der Waals surface area contributed by atoms with Crippen LogP contribution in [0.25, 0.3) is 11.3 Å². The van der Waals surface area contributed by atoms with E-state index in [1.165, 1.54) is 6.07 Å². The smallest absolute Gasteiger partial charge is 0.267 e. The molecule has 0 fully saturated rings. The maximum absolute atomic E-state index is 12.4. The van der Waals surface area contributed by atoms with Crippen molar-refractivity contribution in [1.29, 1.82) is 0 Å². The summed E-state index contributed by atoms with van der Waals surface area (Å²) in [6, 6.07) is 14.3. The summed E-state index contributed by atoms with van der Waals surface area (Å²) in [5, 5.41) is 7.09. The van der Waals surface area contributed by atoms with Crippen LogP contribution in [-0.2, 0) is 11.3 Å². The number of carbonyl (C=O) groups is 1. The van der Waals surface area contributed by atoms with Gasteiger partial charge in [0.15, 0.2) is 0 Å². The number of anilines is 2. The van der Waals surface area contributed by atoms with E-state index in [2.05, 4.69) is 34.1 Å². The maximum atomic E-state index is 12.4. The topological polar surface area (TPSA) is 80.1 Å². The Morgan fingerprint density at radius 1 is 1.07 bits per heavy atom. The van der Waals surface area contributed by atoms with Crippen molar-refractivity contribution in [3.63, 3.8) is 0 Å². The fraction of sp³-hybridized carbons (Fsp3) is 0.238. The Balaban J connectivity index is 1.70.